The molecule has 172 valence electrons. The Hall–Kier alpha value is -3.15. The van der Waals surface area contributed by atoms with Crippen LogP contribution in [0.3, 0.4) is 0 Å². The highest BCUT2D eigenvalue weighted by atomic mass is 16.2. The van der Waals surface area contributed by atoms with Crippen molar-refractivity contribution in [2.75, 3.05) is 0 Å². The van der Waals surface area contributed by atoms with Gasteiger partial charge >= 0.3 is 0 Å². The lowest BCUT2D eigenvalue weighted by atomic mass is 9.95. The van der Waals surface area contributed by atoms with Gasteiger partial charge in [-0.15, -0.1) is 0 Å². The maximum Gasteiger partial charge on any atom is 0.251 e. The Morgan fingerprint density at radius 1 is 0.727 bits per heavy atom. The molecule has 2 saturated carbocycles. The summed E-state index contributed by atoms with van der Waals surface area (Å²) in [5, 5.41) is 6.33. The molecule has 2 fully saturated rings. The standard InChI is InChI=1S/C27H32N4O2/c32-26(28-21-7-3-1-4-8-21)19-13-11-18(12-14-19)25-30-23-16-15-20(17-24(23)31-25)27(33)29-22-9-5-2-6-10-22/h11-17,21-22H,1-10H2,(H,28,32)(H,29,33)(H,30,31). The highest BCUT2D eigenvalue weighted by molar-refractivity contribution is 5.98. The van der Waals surface area contributed by atoms with Crippen molar-refractivity contribution in [2.45, 2.75) is 76.3 Å². The third-order valence-corrected chi connectivity index (χ3v) is 7.05. The molecule has 3 aromatic rings. The van der Waals surface area contributed by atoms with Gasteiger partial charge in [-0.25, -0.2) is 4.98 Å². The zero-order valence-electron chi connectivity index (χ0n) is 19.0. The van der Waals surface area contributed by atoms with Gasteiger partial charge in [0.2, 0.25) is 0 Å². The molecular formula is C27H32N4O2. The molecule has 0 atom stereocenters. The lowest BCUT2D eigenvalue weighted by Gasteiger charge is -2.22. The van der Waals surface area contributed by atoms with E-state index >= 15 is 0 Å². The SMILES string of the molecule is O=C(NC1CCCCC1)c1ccc(-c2nc3cc(C(=O)NC4CCCCC4)ccc3[nH]2)cc1. The second kappa shape index (κ2) is 9.77. The van der Waals surface area contributed by atoms with Crippen LogP contribution in [0, 0.1) is 0 Å². The van der Waals surface area contributed by atoms with E-state index in [1.165, 1.54) is 38.5 Å². The van der Waals surface area contributed by atoms with Gasteiger partial charge in [0.25, 0.3) is 11.8 Å². The van der Waals surface area contributed by atoms with Gasteiger partial charge in [0.05, 0.1) is 11.0 Å². The number of nitrogens with one attached hydrogen (secondary N) is 3. The summed E-state index contributed by atoms with van der Waals surface area (Å²) in [5.41, 5.74) is 3.87. The molecule has 2 amide bonds. The quantitative estimate of drug-likeness (QED) is 0.495. The van der Waals surface area contributed by atoms with Gasteiger partial charge in [-0.05, 0) is 56.0 Å². The van der Waals surface area contributed by atoms with Crippen molar-refractivity contribution in [3.63, 3.8) is 0 Å². The molecule has 33 heavy (non-hydrogen) atoms. The summed E-state index contributed by atoms with van der Waals surface area (Å²) >= 11 is 0. The predicted molar refractivity (Wildman–Crippen MR) is 130 cm³/mol. The third kappa shape index (κ3) is 5.10. The number of fused-ring (bicyclic) bond motifs is 1. The number of hydrogen-bond donors (Lipinski definition) is 3. The summed E-state index contributed by atoms with van der Waals surface area (Å²) in [6.45, 7) is 0. The molecule has 2 aliphatic carbocycles. The molecule has 0 unspecified atom stereocenters. The summed E-state index contributed by atoms with van der Waals surface area (Å²) < 4.78 is 0. The van der Waals surface area contributed by atoms with Gasteiger partial charge in [-0.3, -0.25) is 9.59 Å². The van der Waals surface area contributed by atoms with Crippen LogP contribution in [0.5, 0.6) is 0 Å². The van der Waals surface area contributed by atoms with Crippen LogP contribution in [0.25, 0.3) is 22.4 Å². The molecule has 5 rings (SSSR count). The van der Waals surface area contributed by atoms with Crippen molar-refractivity contribution >= 4 is 22.8 Å². The molecule has 0 radical (unpaired) electrons. The number of H-pyrrole nitrogens is 1. The number of carbonyl (C=O) groups excluding carboxylic acids is 2. The van der Waals surface area contributed by atoms with E-state index in [2.05, 4.69) is 15.6 Å². The maximum atomic E-state index is 12.7. The minimum atomic E-state index is -0.0262. The number of imidazole rings is 1. The van der Waals surface area contributed by atoms with Crippen LogP contribution in [-0.4, -0.2) is 33.9 Å². The zero-order valence-corrected chi connectivity index (χ0v) is 19.0. The molecule has 0 bridgehead atoms. The van der Waals surface area contributed by atoms with E-state index in [1.807, 2.05) is 42.5 Å². The lowest BCUT2D eigenvalue weighted by molar-refractivity contribution is 0.0919. The van der Waals surface area contributed by atoms with Gasteiger partial charge in [-0.2, -0.15) is 0 Å². The first kappa shape index (κ1) is 21.7. The first-order chi connectivity index (χ1) is 16.2. The normalized spacial score (nSPS) is 17.7. The number of hydrogen-bond acceptors (Lipinski definition) is 3. The number of benzene rings is 2. The Kier molecular flexibility index (Phi) is 6.42. The topological polar surface area (TPSA) is 86.9 Å². The Morgan fingerprint density at radius 2 is 1.27 bits per heavy atom. The molecule has 1 aromatic heterocycles. The molecule has 0 aliphatic heterocycles. The van der Waals surface area contributed by atoms with Crippen LogP contribution in [-0.2, 0) is 0 Å². The van der Waals surface area contributed by atoms with Crippen LogP contribution < -0.4 is 10.6 Å². The summed E-state index contributed by atoms with van der Waals surface area (Å²) in [6.07, 6.45) is 11.6. The van der Waals surface area contributed by atoms with E-state index in [4.69, 9.17) is 4.98 Å². The Labute approximate surface area is 194 Å². The molecule has 1 heterocycles. The fraction of sp³-hybridized carbons (Fsp3) is 0.444. The lowest BCUT2D eigenvalue weighted by Crippen LogP contribution is -2.36. The monoisotopic (exact) mass is 444 g/mol. The Bertz CT molecular complexity index is 1120. The molecule has 0 spiro atoms. The number of aromatic nitrogens is 2. The van der Waals surface area contributed by atoms with Crippen molar-refractivity contribution in [3.05, 3.63) is 53.6 Å². The van der Waals surface area contributed by atoms with E-state index in [0.29, 0.717) is 17.2 Å². The van der Waals surface area contributed by atoms with E-state index in [-0.39, 0.29) is 17.9 Å². The first-order valence-corrected chi connectivity index (χ1v) is 12.4. The summed E-state index contributed by atoms with van der Waals surface area (Å²) in [4.78, 5) is 33.3. The average molecular weight is 445 g/mol. The van der Waals surface area contributed by atoms with E-state index in [1.54, 1.807) is 0 Å². The van der Waals surface area contributed by atoms with Crippen LogP contribution >= 0.6 is 0 Å². The first-order valence-electron chi connectivity index (χ1n) is 12.4. The van der Waals surface area contributed by atoms with Gasteiger partial charge in [-0.1, -0.05) is 50.7 Å². The smallest absolute Gasteiger partial charge is 0.251 e. The molecule has 2 aliphatic rings. The predicted octanol–water partition coefficient (Wildman–Crippen LogP) is 5.35. The molecule has 6 heteroatoms. The van der Waals surface area contributed by atoms with Crippen molar-refractivity contribution < 1.29 is 9.59 Å². The number of amides is 2. The number of nitrogens with zero attached hydrogens (tertiary/aromatic N) is 1. The highest BCUT2D eigenvalue weighted by Gasteiger charge is 2.18. The number of carbonyl (C=O) groups is 2. The minimum absolute atomic E-state index is 0.00771. The molecule has 3 N–H and O–H groups in total. The van der Waals surface area contributed by atoms with Crippen LogP contribution in [0.1, 0.15) is 84.9 Å². The van der Waals surface area contributed by atoms with Crippen LogP contribution in [0.4, 0.5) is 0 Å². The second-order valence-corrected chi connectivity index (χ2v) is 9.51. The molecule has 6 nitrogen and oxygen atoms in total. The average Bonchev–Trinajstić information content (AvgIpc) is 3.29. The molecule has 0 saturated heterocycles. The zero-order chi connectivity index (χ0) is 22.6. The van der Waals surface area contributed by atoms with E-state index in [9.17, 15) is 9.59 Å². The van der Waals surface area contributed by atoms with Gasteiger partial charge in [0.1, 0.15) is 5.82 Å². The maximum absolute atomic E-state index is 12.7. The molecule has 2 aromatic carbocycles. The summed E-state index contributed by atoms with van der Waals surface area (Å²) in [7, 11) is 0. The number of aromatic amines is 1. The Balaban J connectivity index is 1.27. The molecular weight excluding hydrogens is 412 g/mol. The van der Waals surface area contributed by atoms with E-state index < -0.39 is 0 Å². The third-order valence-electron chi connectivity index (χ3n) is 7.05. The van der Waals surface area contributed by atoms with Crippen LogP contribution in [0.2, 0.25) is 0 Å². The number of rotatable bonds is 5. The minimum Gasteiger partial charge on any atom is -0.349 e. The van der Waals surface area contributed by atoms with Gasteiger partial charge in [0.15, 0.2) is 0 Å². The van der Waals surface area contributed by atoms with E-state index in [0.717, 1.165) is 48.1 Å². The fourth-order valence-corrected chi connectivity index (χ4v) is 5.09. The van der Waals surface area contributed by atoms with Crippen molar-refractivity contribution in [3.8, 4) is 11.4 Å². The largest absolute Gasteiger partial charge is 0.349 e. The van der Waals surface area contributed by atoms with Gasteiger partial charge in [0, 0.05) is 28.8 Å². The van der Waals surface area contributed by atoms with Crippen molar-refractivity contribution in [2.24, 2.45) is 0 Å². The van der Waals surface area contributed by atoms with Crippen molar-refractivity contribution in [1.29, 1.82) is 0 Å². The highest BCUT2D eigenvalue weighted by Crippen LogP contribution is 2.23. The summed E-state index contributed by atoms with van der Waals surface area (Å²) in [5.74, 6) is 0.697. The fourth-order valence-electron chi connectivity index (χ4n) is 5.09. The Morgan fingerprint density at radius 3 is 1.88 bits per heavy atom. The van der Waals surface area contributed by atoms with Crippen LogP contribution in [0.15, 0.2) is 42.5 Å². The second-order valence-electron chi connectivity index (χ2n) is 9.51. The van der Waals surface area contributed by atoms with Crippen molar-refractivity contribution in [1.82, 2.24) is 20.6 Å². The summed E-state index contributed by atoms with van der Waals surface area (Å²) in [6, 6.07) is 13.7. The van der Waals surface area contributed by atoms with Gasteiger partial charge < -0.3 is 15.6 Å².